The number of aliphatic hydroxyl groups excluding tert-OH is 3. The van der Waals surface area contributed by atoms with Crippen LogP contribution in [0.25, 0.3) is 5.76 Å². The number of methoxy groups -OCH3 is 2. The summed E-state index contributed by atoms with van der Waals surface area (Å²) in [5.41, 5.74) is 2.07. The van der Waals surface area contributed by atoms with Crippen LogP contribution in [0.3, 0.4) is 0 Å². The first-order valence-corrected chi connectivity index (χ1v) is 28.6. The van der Waals surface area contributed by atoms with Gasteiger partial charge >= 0.3 is 5.97 Å². The van der Waals surface area contributed by atoms with E-state index in [1.54, 1.807) is 64.5 Å². The molecule has 0 aromatic heterocycles. The van der Waals surface area contributed by atoms with Crippen LogP contribution in [0.5, 0.6) is 0 Å². The fraction of sp³-hybridized carbons (Fsp3) is 0.635. The summed E-state index contributed by atoms with van der Waals surface area (Å²) in [6.45, 7) is 19.9. The molecule has 0 amide bonds. The summed E-state index contributed by atoms with van der Waals surface area (Å²) in [5, 5.41) is 44.3. The molecule has 8 aliphatic rings. The zero-order chi connectivity index (χ0) is 58.0. The van der Waals surface area contributed by atoms with Crippen LogP contribution < -0.4 is 0 Å². The van der Waals surface area contributed by atoms with Gasteiger partial charge in [0.2, 0.25) is 11.6 Å². The standard InChI is InChI=1S/C48H72O14.C15H14O3/c1-11-25(2)43-28(5)17-18-47(62-43)23-34-20-33(61-47)16-15-27(4)42(26(3)13-12-14-32-24-55-45-40(49)29(6)19-35(46(51)58-34)48(32,45)52)59-39-22-37(54-10)44(31(8)57-39)60-38-21-36(53-9)41(50)30(7)56-38;1-9(2)7-8-12-13(16)10-5-3-4-6-11(10)14(17)15(12)18/h12-15,17-19,25-26,28,30-31,33-45,49-50,52H,11,16,20-24H2,1-10H3;3-7,16H,8H2,1-2H3. The Morgan fingerprint density at radius 1 is 0.850 bits per heavy atom. The van der Waals surface area contributed by atoms with E-state index in [1.165, 1.54) is 0 Å². The van der Waals surface area contributed by atoms with Gasteiger partial charge in [0.05, 0.1) is 49.3 Å². The number of ketones is 2. The second-order valence-corrected chi connectivity index (χ2v) is 23.5. The molecule has 2 aliphatic carbocycles. The third kappa shape index (κ3) is 13.0. The van der Waals surface area contributed by atoms with Crippen LogP contribution in [-0.2, 0) is 57.0 Å². The van der Waals surface area contributed by atoms with Crippen molar-refractivity contribution in [2.24, 2.45) is 23.7 Å². The monoisotopic (exact) mass is 1110 g/mol. The topological polar surface area (TPSA) is 224 Å². The number of esters is 1. The molecule has 4 fully saturated rings. The first-order valence-electron chi connectivity index (χ1n) is 28.6. The molecule has 6 aliphatic heterocycles. The molecule has 0 saturated carbocycles. The summed E-state index contributed by atoms with van der Waals surface area (Å²) in [6.07, 6.45) is 10.7. The van der Waals surface area contributed by atoms with Gasteiger partial charge in [-0.2, -0.15) is 0 Å². The van der Waals surface area contributed by atoms with Gasteiger partial charge in [-0.3, -0.25) is 14.4 Å². The summed E-state index contributed by atoms with van der Waals surface area (Å²) >= 11 is 0. The molecule has 4 N–H and O–H groups in total. The second-order valence-electron chi connectivity index (χ2n) is 23.5. The van der Waals surface area contributed by atoms with Gasteiger partial charge < -0.3 is 67.8 Å². The van der Waals surface area contributed by atoms with Crippen molar-refractivity contribution >= 4 is 23.3 Å². The van der Waals surface area contributed by atoms with Crippen LogP contribution in [-0.4, -0.2) is 156 Å². The maximum atomic E-state index is 14.3. The van der Waals surface area contributed by atoms with Crippen molar-refractivity contribution in [3.8, 4) is 0 Å². The van der Waals surface area contributed by atoms with E-state index in [0.29, 0.717) is 48.8 Å². The van der Waals surface area contributed by atoms with Gasteiger partial charge in [-0.15, -0.1) is 0 Å². The van der Waals surface area contributed by atoms with Gasteiger partial charge in [0, 0.05) is 68.4 Å². The molecular weight excluding hydrogens is 1030 g/mol. The van der Waals surface area contributed by atoms with Crippen LogP contribution in [0, 0.1) is 23.7 Å². The van der Waals surface area contributed by atoms with Crippen LogP contribution in [0.4, 0.5) is 0 Å². The van der Waals surface area contributed by atoms with Crippen LogP contribution in [0.15, 0.2) is 101 Å². The van der Waals surface area contributed by atoms with E-state index in [9.17, 15) is 34.8 Å². The molecule has 6 heterocycles. The molecule has 0 radical (unpaired) electrons. The summed E-state index contributed by atoms with van der Waals surface area (Å²) in [7, 11) is 3.22. The van der Waals surface area contributed by atoms with Crippen molar-refractivity contribution in [1.29, 1.82) is 0 Å². The molecule has 4 saturated heterocycles. The Morgan fingerprint density at radius 3 is 2.24 bits per heavy atom. The van der Waals surface area contributed by atoms with E-state index in [0.717, 1.165) is 17.6 Å². The number of benzene rings is 1. The minimum Gasteiger partial charge on any atom is -0.507 e. The fourth-order valence-electron chi connectivity index (χ4n) is 12.5. The minimum atomic E-state index is -1.84. The lowest BCUT2D eigenvalue weighted by Gasteiger charge is -2.48. The predicted molar refractivity (Wildman–Crippen MR) is 297 cm³/mol. The van der Waals surface area contributed by atoms with E-state index < -0.39 is 102 Å². The van der Waals surface area contributed by atoms with Crippen molar-refractivity contribution < 1.29 is 82.2 Å². The van der Waals surface area contributed by atoms with Crippen LogP contribution >= 0.6 is 0 Å². The van der Waals surface area contributed by atoms with Crippen LogP contribution in [0.1, 0.15) is 130 Å². The SMILES string of the molecule is CC(C)=CCC1=C(O)c2ccccc2C(=O)C1=O.CCC(C)C1OC2(C=CC1C)CC1CC(CC=C(C)C(OC3CC(OC)C(OC4CC(OC)C(O)C(C)O4)C(C)O3)C(C)C=CC=C3COC4C(O)C(C)=CC(C(=O)O1)C34O)O2. The molecule has 1 aromatic rings. The first kappa shape index (κ1) is 61.6. The Morgan fingerprint density at radius 2 is 1.54 bits per heavy atom. The van der Waals surface area contributed by atoms with Gasteiger partial charge in [-0.1, -0.05) is 106 Å². The fourth-order valence-corrected chi connectivity index (χ4v) is 12.5. The lowest BCUT2D eigenvalue weighted by molar-refractivity contribution is -0.318. The maximum Gasteiger partial charge on any atom is 0.316 e. The van der Waals surface area contributed by atoms with Gasteiger partial charge in [0.25, 0.3) is 0 Å². The molecule has 17 nitrogen and oxygen atoms in total. The third-order valence-electron chi connectivity index (χ3n) is 17.4. The summed E-state index contributed by atoms with van der Waals surface area (Å²) in [5.74, 6) is -3.79. The molecule has 1 aromatic carbocycles. The molecule has 17 heteroatoms. The number of carbonyl (C=O) groups excluding carboxylic acids is 3. The predicted octanol–water partition coefficient (Wildman–Crippen LogP) is 8.45. The molecule has 9 rings (SSSR count). The maximum absolute atomic E-state index is 14.3. The highest BCUT2D eigenvalue weighted by Crippen LogP contribution is 2.47. The number of aliphatic hydroxyl groups is 4. The van der Waals surface area contributed by atoms with Gasteiger partial charge in [0.1, 0.15) is 47.8 Å². The highest BCUT2D eigenvalue weighted by atomic mass is 16.7. The van der Waals surface area contributed by atoms with Crippen LogP contribution in [0.2, 0.25) is 0 Å². The normalized spacial score (nSPS) is 39.7. The number of fused-ring (bicyclic) bond motifs is 3. The minimum absolute atomic E-state index is 0.0317. The highest BCUT2D eigenvalue weighted by molar-refractivity contribution is 6.52. The van der Waals surface area contributed by atoms with Crippen molar-refractivity contribution in [3.63, 3.8) is 0 Å². The number of hydrogen-bond acceptors (Lipinski definition) is 17. The van der Waals surface area contributed by atoms with E-state index in [1.807, 2.05) is 52.0 Å². The summed E-state index contributed by atoms with van der Waals surface area (Å²) < 4.78 is 63.7. The first-order chi connectivity index (χ1) is 38.0. The number of hydrogen-bond donors (Lipinski definition) is 4. The molecular formula is C63H86O17. The number of ether oxygens (including phenoxy) is 10. The van der Waals surface area contributed by atoms with E-state index in [2.05, 4.69) is 39.8 Å². The average Bonchev–Trinajstić information content (AvgIpc) is 3.92. The third-order valence-corrected chi connectivity index (χ3v) is 17.4. The van der Waals surface area contributed by atoms with E-state index in [-0.39, 0.29) is 66.0 Å². The lowest BCUT2D eigenvalue weighted by Crippen LogP contribution is -2.58. The summed E-state index contributed by atoms with van der Waals surface area (Å²) in [6, 6.07) is 6.62. The molecule has 1 spiro atoms. The van der Waals surface area contributed by atoms with Gasteiger partial charge in [-0.05, 0) is 83.1 Å². The lowest BCUT2D eigenvalue weighted by atomic mass is 9.71. The van der Waals surface area contributed by atoms with Crippen molar-refractivity contribution in [2.45, 2.75) is 211 Å². The number of allylic oxidation sites excluding steroid dienone is 5. The number of carbonyl (C=O) groups is 3. The van der Waals surface area contributed by atoms with E-state index >= 15 is 0 Å². The smallest absolute Gasteiger partial charge is 0.316 e. The molecule has 20 atom stereocenters. The number of Topliss-reactive ketones (excluding diaryl/α,β-unsaturated/α-hetero) is 2. The Kier molecular flexibility index (Phi) is 20.0. The van der Waals surface area contributed by atoms with Crippen molar-refractivity contribution in [1.82, 2.24) is 0 Å². The largest absolute Gasteiger partial charge is 0.507 e. The Bertz CT molecular complexity index is 2630. The van der Waals surface area contributed by atoms with Gasteiger partial charge in [0.15, 0.2) is 18.4 Å². The highest BCUT2D eigenvalue weighted by Gasteiger charge is 2.60. The molecule has 80 heavy (non-hydrogen) atoms. The van der Waals surface area contributed by atoms with E-state index in [4.69, 9.17) is 47.4 Å². The van der Waals surface area contributed by atoms with Crippen molar-refractivity contribution in [2.75, 3.05) is 20.8 Å². The quantitative estimate of drug-likeness (QED) is 0.0980. The number of rotatable bonds is 10. The Labute approximate surface area is 471 Å². The molecule has 2 bridgehead atoms. The summed E-state index contributed by atoms with van der Waals surface area (Å²) in [4.78, 5) is 38.2. The average molecular weight is 1120 g/mol. The zero-order valence-electron chi connectivity index (χ0n) is 48.6. The molecule has 440 valence electrons. The second kappa shape index (κ2) is 26.0. The van der Waals surface area contributed by atoms with Crippen molar-refractivity contribution in [3.05, 3.63) is 112 Å². The Hall–Kier alpha value is -4.47. The van der Waals surface area contributed by atoms with Gasteiger partial charge in [-0.25, -0.2) is 0 Å². The molecule has 20 unspecified atom stereocenters. The Balaban J connectivity index is 0.000000395. The zero-order valence-corrected chi connectivity index (χ0v) is 48.6.